The summed E-state index contributed by atoms with van der Waals surface area (Å²) >= 11 is 0. The summed E-state index contributed by atoms with van der Waals surface area (Å²) in [5.41, 5.74) is 1.23. The van der Waals surface area contributed by atoms with Crippen molar-refractivity contribution in [2.75, 3.05) is 6.61 Å². The predicted molar refractivity (Wildman–Crippen MR) is 56.4 cm³/mol. The fourth-order valence-corrected chi connectivity index (χ4v) is 1.50. The molecule has 3 nitrogen and oxygen atoms in total. The van der Waals surface area contributed by atoms with E-state index in [2.05, 4.69) is 0 Å². The molecule has 78 valence electrons. The third kappa shape index (κ3) is 2.25. The lowest BCUT2D eigenvalue weighted by Crippen LogP contribution is -2.31. The summed E-state index contributed by atoms with van der Waals surface area (Å²) in [5, 5.41) is 9.02. The highest BCUT2D eigenvalue weighted by Crippen LogP contribution is 2.22. The molecule has 1 atom stereocenters. The Labute approximate surface area is 88.0 Å². The van der Waals surface area contributed by atoms with Gasteiger partial charge in [-0.05, 0) is 11.6 Å². The van der Waals surface area contributed by atoms with Gasteiger partial charge in [0.1, 0.15) is 0 Å². The molecule has 15 heavy (non-hydrogen) atoms. The highest BCUT2D eigenvalue weighted by atomic mass is 16.5. The van der Waals surface area contributed by atoms with Crippen LogP contribution in [0.25, 0.3) is 6.08 Å². The Morgan fingerprint density at radius 3 is 2.53 bits per heavy atom. The number of benzene rings is 1. The van der Waals surface area contributed by atoms with E-state index in [0.29, 0.717) is 12.2 Å². The van der Waals surface area contributed by atoms with Crippen LogP contribution in [0.4, 0.5) is 0 Å². The molecule has 3 heteroatoms. The second-order valence-electron chi connectivity index (χ2n) is 3.46. The van der Waals surface area contributed by atoms with Crippen molar-refractivity contribution in [2.24, 2.45) is 0 Å². The van der Waals surface area contributed by atoms with Crippen molar-refractivity contribution >= 4 is 12.0 Å². The first-order chi connectivity index (χ1) is 7.27. The molecule has 1 fully saturated rings. The van der Waals surface area contributed by atoms with Gasteiger partial charge in [-0.3, -0.25) is 0 Å². The van der Waals surface area contributed by atoms with Crippen LogP contribution in [0.15, 0.2) is 35.9 Å². The van der Waals surface area contributed by atoms with Gasteiger partial charge in [0.2, 0.25) is 0 Å². The minimum absolute atomic E-state index is 0.234. The van der Waals surface area contributed by atoms with Gasteiger partial charge in [-0.1, -0.05) is 30.3 Å². The van der Waals surface area contributed by atoms with Gasteiger partial charge >= 0.3 is 5.97 Å². The summed E-state index contributed by atoms with van der Waals surface area (Å²) in [6.45, 7) is 0.657. The summed E-state index contributed by atoms with van der Waals surface area (Å²) in [6, 6.07) is 9.42. The van der Waals surface area contributed by atoms with E-state index in [1.54, 1.807) is 6.08 Å². The van der Waals surface area contributed by atoms with E-state index in [9.17, 15) is 4.79 Å². The Morgan fingerprint density at radius 2 is 2.07 bits per heavy atom. The first-order valence-corrected chi connectivity index (χ1v) is 4.89. The van der Waals surface area contributed by atoms with Crippen LogP contribution in [0.1, 0.15) is 12.0 Å². The van der Waals surface area contributed by atoms with Gasteiger partial charge in [0.05, 0.1) is 18.3 Å². The summed E-state index contributed by atoms with van der Waals surface area (Å²) in [7, 11) is 0. The number of rotatable bonds is 3. The molecule has 1 heterocycles. The van der Waals surface area contributed by atoms with Crippen molar-refractivity contribution in [2.45, 2.75) is 12.5 Å². The lowest BCUT2D eigenvalue weighted by atomic mass is 10.0. The number of aliphatic carboxylic acids is 1. The van der Waals surface area contributed by atoms with Crippen molar-refractivity contribution in [1.29, 1.82) is 0 Å². The molecular weight excluding hydrogens is 192 g/mol. The molecule has 0 aliphatic carbocycles. The van der Waals surface area contributed by atoms with Crippen LogP contribution in [0.3, 0.4) is 0 Å². The highest BCUT2D eigenvalue weighted by molar-refractivity contribution is 5.93. The maximum Gasteiger partial charge on any atom is 0.334 e. The smallest absolute Gasteiger partial charge is 0.334 e. The Hall–Kier alpha value is -1.61. The van der Waals surface area contributed by atoms with E-state index < -0.39 is 5.97 Å². The van der Waals surface area contributed by atoms with E-state index in [-0.39, 0.29) is 6.10 Å². The van der Waals surface area contributed by atoms with Gasteiger partial charge in [0.25, 0.3) is 0 Å². The molecule has 0 saturated carbocycles. The number of carboxylic acids is 1. The maximum atomic E-state index is 11.0. The third-order valence-corrected chi connectivity index (χ3v) is 2.41. The van der Waals surface area contributed by atoms with E-state index >= 15 is 0 Å². The van der Waals surface area contributed by atoms with Gasteiger partial charge < -0.3 is 9.84 Å². The lowest BCUT2D eigenvalue weighted by molar-refractivity contribution is -0.136. The Morgan fingerprint density at radius 1 is 1.40 bits per heavy atom. The number of hydrogen-bond acceptors (Lipinski definition) is 2. The van der Waals surface area contributed by atoms with Crippen molar-refractivity contribution in [3.05, 3.63) is 41.5 Å². The molecule has 0 amide bonds. The van der Waals surface area contributed by atoms with Crippen LogP contribution in [0.5, 0.6) is 0 Å². The molecule has 0 bridgehead atoms. The molecule has 1 unspecified atom stereocenters. The first-order valence-electron chi connectivity index (χ1n) is 4.89. The molecule has 2 rings (SSSR count). The topological polar surface area (TPSA) is 46.5 Å². The van der Waals surface area contributed by atoms with E-state index in [1.807, 2.05) is 30.3 Å². The fraction of sp³-hybridized carbons (Fsp3) is 0.250. The van der Waals surface area contributed by atoms with Crippen LogP contribution in [-0.2, 0) is 9.53 Å². The standard InChI is InChI=1S/C12H12O3/c13-12(14)10(11-6-7-15-11)8-9-4-2-1-3-5-9/h1-5,8,11H,6-7H2,(H,13,14). The molecule has 0 spiro atoms. The van der Waals surface area contributed by atoms with Crippen molar-refractivity contribution in [3.63, 3.8) is 0 Å². The molecule has 1 aliphatic heterocycles. The van der Waals surface area contributed by atoms with Gasteiger partial charge in [-0.15, -0.1) is 0 Å². The van der Waals surface area contributed by atoms with Gasteiger partial charge in [0, 0.05) is 6.42 Å². The van der Waals surface area contributed by atoms with Crippen LogP contribution in [0, 0.1) is 0 Å². The molecule has 0 aromatic heterocycles. The molecule has 1 saturated heterocycles. The number of hydrogen-bond donors (Lipinski definition) is 1. The number of carboxylic acid groups (broad SMARTS) is 1. The molecule has 1 aromatic rings. The Kier molecular flexibility index (Phi) is 2.83. The number of carbonyl (C=O) groups is 1. The molecule has 1 aliphatic rings. The Balaban J connectivity index is 2.24. The lowest BCUT2D eigenvalue weighted by Gasteiger charge is -2.26. The predicted octanol–water partition coefficient (Wildman–Crippen LogP) is 1.94. The Bertz CT molecular complexity index is 377. The first kappa shape index (κ1) is 9.93. The van der Waals surface area contributed by atoms with Crippen molar-refractivity contribution in [1.82, 2.24) is 0 Å². The van der Waals surface area contributed by atoms with Gasteiger partial charge in [-0.25, -0.2) is 4.79 Å². The van der Waals surface area contributed by atoms with E-state index in [1.165, 1.54) is 0 Å². The average Bonchev–Trinajstić information content (AvgIpc) is 2.15. The SMILES string of the molecule is O=C(O)C(=Cc1ccccc1)C1CCO1. The summed E-state index contributed by atoms with van der Waals surface area (Å²) in [4.78, 5) is 11.0. The fourth-order valence-electron chi connectivity index (χ4n) is 1.50. The zero-order valence-corrected chi connectivity index (χ0v) is 8.22. The highest BCUT2D eigenvalue weighted by Gasteiger charge is 2.27. The largest absolute Gasteiger partial charge is 0.478 e. The monoisotopic (exact) mass is 204 g/mol. The summed E-state index contributed by atoms with van der Waals surface area (Å²) < 4.78 is 5.18. The number of ether oxygens (including phenoxy) is 1. The van der Waals surface area contributed by atoms with E-state index in [4.69, 9.17) is 9.84 Å². The van der Waals surface area contributed by atoms with Crippen LogP contribution in [0.2, 0.25) is 0 Å². The maximum absolute atomic E-state index is 11.0. The summed E-state index contributed by atoms with van der Waals surface area (Å²) in [6.07, 6.45) is 2.24. The average molecular weight is 204 g/mol. The third-order valence-electron chi connectivity index (χ3n) is 2.41. The summed E-state index contributed by atoms with van der Waals surface area (Å²) in [5.74, 6) is -0.899. The van der Waals surface area contributed by atoms with Crippen LogP contribution in [-0.4, -0.2) is 23.8 Å². The van der Waals surface area contributed by atoms with Crippen LogP contribution < -0.4 is 0 Å². The molecule has 1 N–H and O–H groups in total. The minimum Gasteiger partial charge on any atom is -0.478 e. The zero-order chi connectivity index (χ0) is 10.7. The second kappa shape index (κ2) is 4.28. The molecular formula is C12H12O3. The van der Waals surface area contributed by atoms with Crippen molar-refractivity contribution in [3.8, 4) is 0 Å². The van der Waals surface area contributed by atoms with Crippen LogP contribution >= 0.6 is 0 Å². The minimum atomic E-state index is -0.899. The molecule has 1 aromatic carbocycles. The quantitative estimate of drug-likeness (QED) is 0.765. The van der Waals surface area contributed by atoms with E-state index in [0.717, 1.165) is 12.0 Å². The zero-order valence-electron chi connectivity index (χ0n) is 8.22. The van der Waals surface area contributed by atoms with Gasteiger partial charge in [-0.2, -0.15) is 0 Å². The normalized spacial score (nSPS) is 20.8. The second-order valence-corrected chi connectivity index (χ2v) is 3.46. The van der Waals surface area contributed by atoms with Gasteiger partial charge in [0.15, 0.2) is 0 Å². The van der Waals surface area contributed by atoms with Crippen molar-refractivity contribution < 1.29 is 14.6 Å². The molecule has 0 radical (unpaired) electrons.